The van der Waals surface area contributed by atoms with Crippen molar-refractivity contribution in [3.8, 4) is 0 Å². The van der Waals surface area contributed by atoms with Gasteiger partial charge in [-0.2, -0.15) is 0 Å². The number of benzene rings is 1. The molecule has 3 rings (SSSR count). The van der Waals surface area contributed by atoms with E-state index in [2.05, 4.69) is 15.2 Å². The highest BCUT2D eigenvalue weighted by molar-refractivity contribution is 5.92. The minimum atomic E-state index is -0.407. The highest BCUT2D eigenvalue weighted by atomic mass is 16.3. The van der Waals surface area contributed by atoms with E-state index >= 15 is 0 Å². The Kier molecular flexibility index (Phi) is 6.29. The fraction of sp³-hybridized carbons (Fsp3) is 0.500. The lowest BCUT2D eigenvalue weighted by molar-refractivity contribution is -0.124. The molecule has 1 fully saturated rings. The maximum absolute atomic E-state index is 12.5. The van der Waals surface area contributed by atoms with E-state index in [0.29, 0.717) is 18.1 Å². The van der Waals surface area contributed by atoms with Gasteiger partial charge < -0.3 is 9.73 Å². The summed E-state index contributed by atoms with van der Waals surface area (Å²) in [4.78, 5) is 31.2. The van der Waals surface area contributed by atoms with Crippen molar-refractivity contribution in [2.45, 2.75) is 58.0 Å². The zero-order chi connectivity index (χ0) is 20.1. The second-order valence-corrected chi connectivity index (χ2v) is 7.69. The molecule has 1 saturated heterocycles. The van der Waals surface area contributed by atoms with Gasteiger partial charge in [0.05, 0.1) is 12.0 Å². The lowest BCUT2D eigenvalue weighted by atomic mass is 9.70. The number of likely N-dealkylation sites (tertiary alicyclic amines) is 1. The van der Waals surface area contributed by atoms with Gasteiger partial charge in [-0.05, 0) is 51.8 Å². The molecule has 0 saturated carbocycles. The Hall–Kier alpha value is -2.47. The number of carbonyl (C=O) groups excluding carboxylic acids is 2. The van der Waals surface area contributed by atoms with Gasteiger partial charge in [0.25, 0.3) is 5.91 Å². The van der Waals surface area contributed by atoms with Crippen molar-refractivity contribution >= 4 is 11.7 Å². The molecule has 1 N–H and O–H groups in total. The minimum absolute atomic E-state index is 0.104. The molecule has 1 atom stereocenters. The van der Waals surface area contributed by atoms with Gasteiger partial charge in [0.1, 0.15) is 12.0 Å². The van der Waals surface area contributed by atoms with E-state index in [1.54, 1.807) is 6.92 Å². The lowest BCUT2D eigenvalue weighted by Gasteiger charge is -2.40. The number of nitrogens with zero attached hydrogens (tertiary/aromatic N) is 2. The molecule has 28 heavy (non-hydrogen) atoms. The summed E-state index contributed by atoms with van der Waals surface area (Å²) in [5.41, 5.74) is 1.01. The Morgan fingerprint density at radius 2 is 1.93 bits per heavy atom. The highest BCUT2D eigenvalue weighted by Crippen LogP contribution is 2.36. The first-order valence-electron chi connectivity index (χ1n) is 9.99. The zero-order valence-corrected chi connectivity index (χ0v) is 16.9. The summed E-state index contributed by atoms with van der Waals surface area (Å²) in [6.07, 6.45) is 3.83. The Bertz CT molecular complexity index is 807. The van der Waals surface area contributed by atoms with Gasteiger partial charge in [0.15, 0.2) is 5.69 Å². The van der Waals surface area contributed by atoms with Crippen molar-refractivity contribution in [1.82, 2.24) is 15.2 Å². The van der Waals surface area contributed by atoms with E-state index in [0.717, 1.165) is 37.9 Å². The van der Waals surface area contributed by atoms with Crippen molar-refractivity contribution < 1.29 is 14.0 Å². The summed E-state index contributed by atoms with van der Waals surface area (Å²) in [5.74, 6) is 0.547. The summed E-state index contributed by atoms with van der Waals surface area (Å²) in [5, 5.41) is 2.89. The second kappa shape index (κ2) is 8.69. The van der Waals surface area contributed by atoms with E-state index in [9.17, 15) is 9.59 Å². The standard InChI is InChI=1S/C22H29N3O3/c1-4-16(2)23-21(27)19-15-28-20(24-19)14-25-12-10-22(11-13-25,17(3)26)18-8-6-5-7-9-18/h5-9,15-16H,4,10-14H2,1-3H3,(H,23,27)/t16-/m1/s1. The Balaban J connectivity index is 1.61. The summed E-state index contributed by atoms with van der Waals surface area (Å²) >= 11 is 0. The van der Waals surface area contributed by atoms with Crippen molar-refractivity contribution in [3.63, 3.8) is 0 Å². The maximum Gasteiger partial charge on any atom is 0.273 e. The molecule has 0 spiro atoms. The Morgan fingerprint density at radius 3 is 2.54 bits per heavy atom. The van der Waals surface area contributed by atoms with Gasteiger partial charge in [0.2, 0.25) is 5.89 Å². The van der Waals surface area contributed by atoms with E-state index in [1.807, 2.05) is 44.2 Å². The molecular weight excluding hydrogens is 354 g/mol. The molecule has 6 heteroatoms. The fourth-order valence-electron chi connectivity index (χ4n) is 3.77. The van der Waals surface area contributed by atoms with Gasteiger partial charge >= 0.3 is 0 Å². The number of piperidine rings is 1. The number of carbonyl (C=O) groups is 2. The first-order valence-corrected chi connectivity index (χ1v) is 9.99. The van der Waals surface area contributed by atoms with Crippen LogP contribution in [0.3, 0.4) is 0 Å². The van der Waals surface area contributed by atoms with Gasteiger partial charge in [-0.25, -0.2) is 4.98 Å². The molecule has 1 aromatic heterocycles. The molecule has 1 amide bonds. The summed E-state index contributed by atoms with van der Waals surface area (Å²) in [7, 11) is 0. The molecule has 0 bridgehead atoms. The number of amides is 1. The minimum Gasteiger partial charge on any atom is -0.447 e. The average Bonchev–Trinajstić information content (AvgIpc) is 3.17. The number of oxazole rings is 1. The van der Waals surface area contributed by atoms with Crippen LogP contribution in [-0.4, -0.2) is 40.7 Å². The summed E-state index contributed by atoms with van der Waals surface area (Å²) < 4.78 is 5.51. The fourth-order valence-corrected chi connectivity index (χ4v) is 3.77. The van der Waals surface area contributed by atoms with E-state index < -0.39 is 5.41 Å². The van der Waals surface area contributed by atoms with Gasteiger partial charge in [-0.15, -0.1) is 0 Å². The molecule has 2 aromatic rings. The van der Waals surface area contributed by atoms with Crippen LogP contribution >= 0.6 is 0 Å². The highest BCUT2D eigenvalue weighted by Gasteiger charge is 2.40. The molecule has 2 heterocycles. The number of rotatable bonds is 7. The molecule has 1 aromatic carbocycles. The predicted molar refractivity (Wildman–Crippen MR) is 107 cm³/mol. The third-order valence-electron chi connectivity index (χ3n) is 5.84. The Morgan fingerprint density at radius 1 is 1.25 bits per heavy atom. The molecule has 150 valence electrons. The molecule has 0 unspecified atom stereocenters. The molecular formula is C22H29N3O3. The SMILES string of the molecule is CC[C@@H](C)NC(=O)c1coc(CN2CCC(C(C)=O)(c3ccccc3)CC2)n1. The third kappa shape index (κ3) is 4.33. The monoisotopic (exact) mass is 383 g/mol. The lowest BCUT2D eigenvalue weighted by Crippen LogP contribution is -2.46. The number of hydrogen-bond donors (Lipinski definition) is 1. The van der Waals surface area contributed by atoms with Crippen LogP contribution in [0.5, 0.6) is 0 Å². The van der Waals surface area contributed by atoms with E-state index in [-0.39, 0.29) is 17.7 Å². The molecule has 0 aliphatic carbocycles. The number of hydrogen-bond acceptors (Lipinski definition) is 5. The van der Waals surface area contributed by atoms with E-state index in [1.165, 1.54) is 6.26 Å². The van der Waals surface area contributed by atoms with Crippen LogP contribution in [0.1, 0.15) is 62.0 Å². The summed E-state index contributed by atoms with van der Waals surface area (Å²) in [6.45, 7) is 7.78. The average molecular weight is 383 g/mol. The van der Waals surface area contributed by atoms with Crippen LogP contribution < -0.4 is 5.32 Å². The van der Waals surface area contributed by atoms with Crippen LogP contribution in [0.2, 0.25) is 0 Å². The Labute approximate surface area is 166 Å². The number of aromatic nitrogens is 1. The topological polar surface area (TPSA) is 75.4 Å². The van der Waals surface area contributed by atoms with Crippen molar-refractivity contribution in [2.75, 3.05) is 13.1 Å². The van der Waals surface area contributed by atoms with E-state index in [4.69, 9.17) is 4.42 Å². The number of nitrogens with one attached hydrogen (secondary N) is 1. The zero-order valence-electron chi connectivity index (χ0n) is 16.9. The largest absolute Gasteiger partial charge is 0.447 e. The summed E-state index contributed by atoms with van der Waals surface area (Å²) in [6, 6.07) is 10.2. The van der Waals surface area contributed by atoms with Crippen LogP contribution in [0.4, 0.5) is 0 Å². The normalized spacial score (nSPS) is 17.8. The molecule has 0 radical (unpaired) electrons. The van der Waals surface area contributed by atoms with Crippen molar-refractivity contribution in [2.24, 2.45) is 0 Å². The quantitative estimate of drug-likeness (QED) is 0.794. The first-order chi connectivity index (χ1) is 13.4. The number of Topliss-reactive ketones (excluding diaryl/α,β-unsaturated/α-hetero) is 1. The van der Waals surface area contributed by atoms with Crippen LogP contribution in [0.15, 0.2) is 41.0 Å². The van der Waals surface area contributed by atoms with Gasteiger partial charge in [-0.1, -0.05) is 37.3 Å². The smallest absolute Gasteiger partial charge is 0.273 e. The van der Waals surface area contributed by atoms with Gasteiger partial charge in [-0.3, -0.25) is 14.5 Å². The van der Waals surface area contributed by atoms with Crippen molar-refractivity contribution in [1.29, 1.82) is 0 Å². The molecule has 1 aliphatic heterocycles. The third-order valence-corrected chi connectivity index (χ3v) is 5.84. The molecule has 6 nitrogen and oxygen atoms in total. The van der Waals surface area contributed by atoms with Crippen LogP contribution in [-0.2, 0) is 16.8 Å². The predicted octanol–water partition coefficient (Wildman–Crippen LogP) is 3.33. The maximum atomic E-state index is 12.5. The van der Waals surface area contributed by atoms with Crippen LogP contribution in [0, 0.1) is 0 Å². The van der Waals surface area contributed by atoms with Gasteiger partial charge in [0, 0.05) is 6.04 Å². The molecule has 1 aliphatic rings. The van der Waals surface area contributed by atoms with Crippen molar-refractivity contribution in [3.05, 3.63) is 53.7 Å². The first kappa shape index (κ1) is 20.3. The number of ketones is 1. The second-order valence-electron chi connectivity index (χ2n) is 7.69. The van der Waals surface area contributed by atoms with Crippen LogP contribution in [0.25, 0.3) is 0 Å².